The predicted molar refractivity (Wildman–Crippen MR) is 58.9 cm³/mol. The summed E-state index contributed by atoms with van der Waals surface area (Å²) in [7, 11) is 0. The van der Waals surface area contributed by atoms with Crippen LogP contribution in [0, 0.1) is 5.92 Å². The summed E-state index contributed by atoms with van der Waals surface area (Å²) in [6.07, 6.45) is -3.66. The Balaban J connectivity index is 2.03. The van der Waals surface area contributed by atoms with Crippen molar-refractivity contribution in [1.82, 2.24) is 0 Å². The second-order valence-electron chi connectivity index (χ2n) is 4.32. The highest BCUT2D eigenvalue weighted by Crippen LogP contribution is 2.48. The molecule has 2 rings (SSSR count). The summed E-state index contributed by atoms with van der Waals surface area (Å²) in [5, 5.41) is 0. The van der Waals surface area contributed by atoms with Crippen LogP contribution in [0.5, 0.6) is 0 Å². The molecule has 0 aliphatic heterocycles. The maximum Gasteiger partial charge on any atom is 0.416 e. The molecule has 5 heteroatoms. The van der Waals surface area contributed by atoms with Crippen LogP contribution in [0.4, 0.5) is 13.2 Å². The van der Waals surface area contributed by atoms with Gasteiger partial charge in [-0.2, -0.15) is 13.2 Å². The second kappa shape index (κ2) is 4.63. The number of halogens is 3. The fourth-order valence-corrected chi connectivity index (χ4v) is 1.99. The minimum absolute atomic E-state index is 0.00586. The molecule has 0 amide bonds. The Hall–Kier alpha value is -1.52. The van der Waals surface area contributed by atoms with Gasteiger partial charge in [0.15, 0.2) is 0 Å². The largest absolute Gasteiger partial charge is 0.466 e. The molecule has 1 aromatic rings. The van der Waals surface area contributed by atoms with Crippen molar-refractivity contribution >= 4 is 5.97 Å². The molecule has 1 aliphatic rings. The number of carbonyl (C=O) groups excluding carboxylic acids is 1. The number of esters is 1. The molecule has 0 N–H and O–H groups in total. The molecular weight excluding hydrogens is 245 g/mol. The molecule has 1 saturated carbocycles. The number of carbonyl (C=O) groups is 1. The number of rotatable bonds is 3. The number of hydrogen-bond acceptors (Lipinski definition) is 2. The summed E-state index contributed by atoms with van der Waals surface area (Å²) < 4.78 is 42.0. The summed E-state index contributed by atoms with van der Waals surface area (Å²) in [4.78, 5) is 11.4. The fourth-order valence-electron chi connectivity index (χ4n) is 1.99. The Morgan fingerprint density at radius 2 is 1.94 bits per heavy atom. The zero-order valence-electron chi connectivity index (χ0n) is 9.83. The normalized spacial score (nSPS) is 22.7. The van der Waals surface area contributed by atoms with Crippen LogP contribution >= 0.6 is 0 Å². The first kappa shape index (κ1) is 12.9. The van der Waals surface area contributed by atoms with Crippen molar-refractivity contribution in [2.24, 2.45) is 5.92 Å². The van der Waals surface area contributed by atoms with Crippen molar-refractivity contribution < 1.29 is 22.7 Å². The molecule has 0 radical (unpaired) electrons. The predicted octanol–water partition coefficient (Wildman–Crippen LogP) is 3.37. The molecule has 1 aliphatic carbocycles. The topological polar surface area (TPSA) is 26.3 Å². The zero-order chi connectivity index (χ0) is 13.3. The molecule has 0 aromatic heterocycles. The molecule has 2 nitrogen and oxygen atoms in total. The van der Waals surface area contributed by atoms with Gasteiger partial charge in [-0.25, -0.2) is 0 Å². The third kappa shape index (κ3) is 2.66. The smallest absolute Gasteiger partial charge is 0.416 e. The summed E-state index contributed by atoms with van der Waals surface area (Å²) in [5.41, 5.74) is 0.0978. The van der Waals surface area contributed by atoms with Gasteiger partial charge in [0.05, 0.1) is 18.1 Å². The second-order valence-corrected chi connectivity index (χ2v) is 4.32. The minimum Gasteiger partial charge on any atom is -0.466 e. The monoisotopic (exact) mass is 258 g/mol. The Morgan fingerprint density at radius 3 is 2.44 bits per heavy atom. The van der Waals surface area contributed by atoms with Crippen LogP contribution in [0.1, 0.15) is 30.4 Å². The van der Waals surface area contributed by atoms with Gasteiger partial charge in [-0.3, -0.25) is 4.79 Å². The van der Waals surface area contributed by atoms with Gasteiger partial charge in [0, 0.05) is 0 Å². The maximum absolute atomic E-state index is 12.4. The molecule has 2 atom stereocenters. The molecule has 0 saturated heterocycles. The van der Waals surface area contributed by atoms with Crippen LogP contribution in [-0.2, 0) is 15.7 Å². The van der Waals surface area contributed by atoms with Gasteiger partial charge in [-0.1, -0.05) is 12.1 Å². The minimum atomic E-state index is -4.32. The van der Waals surface area contributed by atoms with Crippen LogP contribution < -0.4 is 0 Å². The van der Waals surface area contributed by atoms with E-state index in [1.807, 2.05) is 0 Å². The average molecular weight is 258 g/mol. The third-order valence-electron chi connectivity index (χ3n) is 3.05. The van der Waals surface area contributed by atoms with Crippen molar-refractivity contribution in [2.75, 3.05) is 6.61 Å². The van der Waals surface area contributed by atoms with Crippen LogP contribution in [0.25, 0.3) is 0 Å². The van der Waals surface area contributed by atoms with Crippen molar-refractivity contribution in [1.29, 1.82) is 0 Å². The Labute approximate surface area is 103 Å². The standard InChI is InChI=1S/C13H13F3O2/c1-2-18-12(17)11-7-10(11)8-3-5-9(6-4-8)13(14,15)16/h3-6,10-11H,2,7H2,1H3/t10-,11-/m1/s1. The zero-order valence-corrected chi connectivity index (χ0v) is 9.83. The van der Waals surface area contributed by atoms with Crippen molar-refractivity contribution in [3.63, 3.8) is 0 Å². The van der Waals surface area contributed by atoms with E-state index in [2.05, 4.69) is 0 Å². The lowest BCUT2D eigenvalue weighted by atomic mass is 10.1. The molecular formula is C13H13F3O2. The lowest BCUT2D eigenvalue weighted by Crippen LogP contribution is -2.07. The van der Waals surface area contributed by atoms with E-state index in [0.29, 0.717) is 13.0 Å². The van der Waals surface area contributed by atoms with E-state index in [-0.39, 0.29) is 17.8 Å². The molecule has 0 spiro atoms. The number of hydrogen-bond donors (Lipinski definition) is 0. The van der Waals surface area contributed by atoms with Gasteiger partial charge < -0.3 is 4.74 Å². The summed E-state index contributed by atoms with van der Waals surface area (Å²) in [5.74, 6) is -0.449. The SMILES string of the molecule is CCOC(=O)[C@@H]1C[C@@H]1c1ccc(C(F)(F)F)cc1. The Bertz CT molecular complexity index is 437. The van der Waals surface area contributed by atoms with Crippen LogP contribution in [0.2, 0.25) is 0 Å². The summed E-state index contributed by atoms with van der Waals surface area (Å²) >= 11 is 0. The van der Waals surface area contributed by atoms with E-state index >= 15 is 0 Å². The number of ether oxygens (including phenoxy) is 1. The summed E-state index contributed by atoms with van der Waals surface area (Å²) in [6, 6.07) is 4.98. The average Bonchev–Trinajstić information content (AvgIpc) is 3.08. The van der Waals surface area contributed by atoms with E-state index in [9.17, 15) is 18.0 Å². The molecule has 1 fully saturated rings. The Kier molecular flexibility index (Phi) is 3.32. The van der Waals surface area contributed by atoms with Crippen LogP contribution in [0.3, 0.4) is 0 Å². The summed E-state index contributed by atoms with van der Waals surface area (Å²) in [6.45, 7) is 2.06. The quantitative estimate of drug-likeness (QED) is 0.777. The van der Waals surface area contributed by atoms with Gasteiger partial charge in [-0.05, 0) is 37.0 Å². The van der Waals surface area contributed by atoms with Gasteiger partial charge in [0.25, 0.3) is 0 Å². The molecule has 0 unspecified atom stereocenters. The first-order valence-corrected chi connectivity index (χ1v) is 5.77. The molecule has 0 heterocycles. The van der Waals surface area contributed by atoms with E-state index in [1.165, 1.54) is 12.1 Å². The molecule has 98 valence electrons. The highest BCUT2D eigenvalue weighted by atomic mass is 19.4. The first-order valence-electron chi connectivity index (χ1n) is 5.77. The van der Waals surface area contributed by atoms with Gasteiger partial charge in [0.2, 0.25) is 0 Å². The lowest BCUT2D eigenvalue weighted by Gasteiger charge is -2.07. The van der Waals surface area contributed by atoms with Crippen molar-refractivity contribution in [2.45, 2.75) is 25.4 Å². The maximum atomic E-state index is 12.4. The molecule has 18 heavy (non-hydrogen) atoms. The Morgan fingerprint density at radius 1 is 1.33 bits per heavy atom. The van der Waals surface area contributed by atoms with E-state index in [0.717, 1.165) is 17.7 Å². The van der Waals surface area contributed by atoms with Gasteiger partial charge in [0.1, 0.15) is 0 Å². The first-order chi connectivity index (χ1) is 8.43. The number of alkyl halides is 3. The fraction of sp³-hybridized carbons (Fsp3) is 0.462. The van der Waals surface area contributed by atoms with Gasteiger partial charge >= 0.3 is 12.1 Å². The van der Waals surface area contributed by atoms with Gasteiger partial charge in [-0.15, -0.1) is 0 Å². The van der Waals surface area contributed by atoms with Crippen molar-refractivity contribution in [3.8, 4) is 0 Å². The van der Waals surface area contributed by atoms with E-state index < -0.39 is 11.7 Å². The molecule has 0 bridgehead atoms. The highest BCUT2D eigenvalue weighted by Gasteiger charge is 2.45. The number of benzene rings is 1. The highest BCUT2D eigenvalue weighted by molar-refractivity contribution is 5.77. The third-order valence-corrected chi connectivity index (χ3v) is 3.05. The van der Waals surface area contributed by atoms with Crippen molar-refractivity contribution in [3.05, 3.63) is 35.4 Å². The van der Waals surface area contributed by atoms with E-state index in [1.54, 1.807) is 6.92 Å². The lowest BCUT2D eigenvalue weighted by molar-refractivity contribution is -0.144. The molecule has 1 aromatic carbocycles. The van der Waals surface area contributed by atoms with Crippen LogP contribution in [-0.4, -0.2) is 12.6 Å². The van der Waals surface area contributed by atoms with E-state index in [4.69, 9.17) is 4.74 Å². The van der Waals surface area contributed by atoms with Crippen LogP contribution in [0.15, 0.2) is 24.3 Å².